The molecule has 0 bridgehead atoms. The van der Waals surface area contributed by atoms with E-state index in [0.29, 0.717) is 23.0 Å². The third-order valence-electron chi connectivity index (χ3n) is 11.4. The lowest BCUT2D eigenvalue weighted by atomic mass is 9.67. The predicted octanol–water partition coefficient (Wildman–Crippen LogP) is 12.9. The van der Waals surface area contributed by atoms with E-state index in [9.17, 15) is 5.26 Å². The molecule has 4 nitrogen and oxygen atoms in total. The van der Waals surface area contributed by atoms with E-state index < -0.39 is 5.41 Å². The van der Waals surface area contributed by atoms with E-state index in [1.54, 1.807) is 0 Å². The van der Waals surface area contributed by atoms with E-state index in [0.717, 1.165) is 38.9 Å². The van der Waals surface area contributed by atoms with Gasteiger partial charge in [0.15, 0.2) is 17.5 Å². The highest BCUT2D eigenvalue weighted by molar-refractivity contribution is 7.99. The summed E-state index contributed by atoms with van der Waals surface area (Å²) in [4.78, 5) is 17.4. The molecular weight excluding hydrogens is 725 g/mol. The second-order valence-corrected chi connectivity index (χ2v) is 15.8. The predicted molar refractivity (Wildman–Crippen MR) is 233 cm³/mol. The number of rotatable bonds is 5. The molecule has 0 amide bonds. The van der Waals surface area contributed by atoms with Gasteiger partial charge in [0.05, 0.1) is 17.0 Å². The Balaban J connectivity index is 1.07. The minimum atomic E-state index is -0.487. The number of fused-ring (bicyclic) bond motifs is 9. The van der Waals surface area contributed by atoms with Crippen molar-refractivity contribution in [3.8, 4) is 73.6 Å². The Morgan fingerprint density at radius 2 is 0.793 bits per heavy atom. The average molecular weight is 757 g/mol. The van der Waals surface area contributed by atoms with Crippen LogP contribution in [0.3, 0.4) is 0 Å². The summed E-state index contributed by atoms with van der Waals surface area (Å²) in [7, 11) is 0. The maximum atomic E-state index is 9.45. The van der Waals surface area contributed by atoms with Gasteiger partial charge in [-0.05, 0) is 86.0 Å². The summed E-state index contributed by atoms with van der Waals surface area (Å²) in [5.74, 6) is 1.91. The summed E-state index contributed by atoms with van der Waals surface area (Å²) in [6.45, 7) is 0. The minimum Gasteiger partial charge on any atom is -0.208 e. The van der Waals surface area contributed by atoms with E-state index in [-0.39, 0.29) is 0 Å². The summed E-state index contributed by atoms with van der Waals surface area (Å²) in [5.41, 5.74) is 15.1. The molecule has 0 N–H and O–H groups in total. The van der Waals surface area contributed by atoms with Crippen molar-refractivity contribution in [3.05, 3.63) is 222 Å². The molecule has 2 aliphatic rings. The summed E-state index contributed by atoms with van der Waals surface area (Å²) < 4.78 is 0. The first-order valence-corrected chi connectivity index (χ1v) is 20.1. The molecule has 0 unspecified atom stereocenters. The maximum absolute atomic E-state index is 9.45. The van der Waals surface area contributed by atoms with Crippen LogP contribution in [0, 0.1) is 11.3 Å². The SMILES string of the molecule is N#Cc1ccc(-c2ccc3c(c2)Sc2cc(-c4cccc(-c5nc(-c6ccccc6)nc(-c6ccccc6)n5)c4)ccc2C32c3ccccc3-c3ccccc32)cc1. The zero-order valence-electron chi connectivity index (χ0n) is 31.2. The maximum Gasteiger partial charge on any atom is 0.164 e. The number of nitrogens with zero attached hydrogens (tertiary/aromatic N) is 4. The third kappa shape index (κ3) is 5.42. The number of benzene rings is 8. The monoisotopic (exact) mass is 756 g/mol. The fraction of sp³-hybridized carbons (Fsp3) is 0.0189. The van der Waals surface area contributed by atoms with Crippen LogP contribution in [0.25, 0.3) is 67.5 Å². The summed E-state index contributed by atoms with van der Waals surface area (Å²) in [6.07, 6.45) is 0. The molecule has 5 heteroatoms. The van der Waals surface area contributed by atoms with Gasteiger partial charge in [-0.25, -0.2) is 15.0 Å². The van der Waals surface area contributed by atoms with E-state index in [1.165, 1.54) is 43.2 Å². The Hall–Kier alpha value is -7.39. The average Bonchev–Trinajstić information content (AvgIpc) is 3.59. The van der Waals surface area contributed by atoms with Crippen LogP contribution in [0.4, 0.5) is 0 Å². The van der Waals surface area contributed by atoms with Crippen LogP contribution < -0.4 is 0 Å². The van der Waals surface area contributed by atoms with Gasteiger partial charge in [-0.1, -0.05) is 176 Å². The highest BCUT2D eigenvalue weighted by Crippen LogP contribution is 2.62. The van der Waals surface area contributed by atoms with Crippen LogP contribution in [-0.2, 0) is 5.41 Å². The lowest BCUT2D eigenvalue weighted by Crippen LogP contribution is -2.32. The smallest absolute Gasteiger partial charge is 0.164 e. The van der Waals surface area contributed by atoms with E-state index in [2.05, 4.69) is 115 Å². The molecule has 1 aliphatic carbocycles. The first-order chi connectivity index (χ1) is 28.7. The zero-order chi connectivity index (χ0) is 38.6. The first-order valence-electron chi connectivity index (χ1n) is 19.3. The van der Waals surface area contributed by atoms with Crippen LogP contribution >= 0.6 is 11.8 Å². The zero-order valence-corrected chi connectivity index (χ0v) is 32.0. The van der Waals surface area contributed by atoms with Crippen molar-refractivity contribution in [2.45, 2.75) is 15.2 Å². The van der Waals surface area contributed by atoms with Gasteiger partial charge in [0, 0.05) is 26.5 Å². The van der Waals surface area contributed by atoms with Gasteiger partial charge in [0.1, 0.15) is 0 Å². The Kier molecular flexibility index (Phi) is 7.99. The van der Waals surface area contributed by atoms with Crippen LogP contribution in [0.2, 0.25) is 0 Å². The lowest BCUT2D eigenvalue weighted by molar-refractivity contribution is 0.723. The highest BCUT2D eigenvalue weighted by atomic mass is 32.2. The van der Waals surface area contributed by atoms with Crippen molar-refractivity contribution in [2.75, 3.05) is 0 Å². The number of nitriles is 1. The molecule has 9 aromatic rings. The molecule has 0 saturated carbocycles. The minimum absolute atomic E-state index is 0.487. The molecule has 1 spiro atoms. The molecule has 0 atom stereocenters. The molecule has 8 aromatic carbocycles. The van der Waals surface area contributed by atoms with Gasteiger partial charge < -0.3 is 0 Å². The van der Waals surface area contributed by atoms with Crippen LogP contribution in [-0.4, -0.2) is 15.0 Å². The van der Waals surface area contributed by atoms with Gasteiger partial charge >= 0.3 is 0 Å². The van der Waals surface area contributed by atoms with Crippen molar-refractivity contribution in [1.82, 2.24) is 15.0 Å². The Labute approximate surface area is 341 Å². The second-order valence-electron chi connectivity index (χ2n) is 14.7. The Bertz CT molecular complexity index is 2990. The summed E-state index contributed by atoms with van der Waals surface area (Å²) in [6, 6.07) is 70.5. The van der Waals surface area contributed by atoms with Crippen molar-refractivity contribution in [2.24, 2.45) is 0 Å². The molecule has 11 rings (SSSR count). The molecule has 270 valence electrons. The van der Waals surface area contributed by atoms with Crippen LogP contribution in [0.1, 0.15) is 27.8 Å². The topological polar surface area (TPSA) is 62.5 Å². The Morgan fingerprint density at radius 1 is 0.362 bits per heavy atom. The van der Waals surface area contributed by atoms with Crippen molar-refractivity contribution < 1.29 is 0 Å². The normalized spacial score (nSPS) is 12.9. The standard InChI is InChI=1S/C53H32N4S/c54-33-34-22-24-35(25-23-34)39-26-28-46-48(31-39)58-49-32-40(27-29-47(49)53(46)44-20-9-7-18-42(44)43-19-8-10-21-45(43)53)38-16-11-17-41(30-38)52-56-50(36-12-3-1-4-13-36)55-51(57-52)37-14-5-2-6-15-37/h1-32H. The first kappa shape index (κ1) is 33.9. The molecule has 58 heavy (non-hydrogen) atoms. The van der Waals surface area contributed by atoms with Gasteiger partial charge in [0.2, 0.25) is 0 Å². The van der Waals surface area contributed by atoms with Crippen molar-refractivity contribution in [1.29, 1.82) is 5.26 Å². The molecule has 0 radical (unpaired) electrons. The van der Waals surface area contributed by atoms with Gasteiger partial charge in [-0.3, -0.25) is 0 Å². The van der Waals surface area contributed by atoms with Gasteiger partial charge in [0.25, 0.3) is 0 Å². The van der Waals surface area contributed by atoms with Crippen LogP contribution in [0.15, 0.2) is 204 Å². The number of hydrogen-bond donors (Lipinski definition) is 0. The fourth-order valence-electron chi connectivity index (χ4n) is 8.78. The lowest BCUT2D eigenvalue weighted by Gasteiger charge is -2.40. The fourth-order valence-corrected chi connectivity index (χ4v) is 10.1. The third-order valence-corrected chi connectivity index (χ3v) is 12.6. The molecule has 2 heterocycles. The van der Waals surface area contributed by atoms with Gasteiger partial charge in [-0.15, -0.1) is 0 Å². The largest absolute Gasteiger partial charge is 0.208 e. The van der Waals surface area contributed by atoms with E-state index in [1.807, 2.05) is 96.7 Å². The molecular formula is C53H32N4S. The molecule has 0 saturated heterocycles. The van der Waals surface area contributed by atoms with Gasteiger partial charge in [-0.2, -0.15) is 5.26 Å². The second kappa shape index (κ2) is 13.7. The summed E-state index contributed by atoms with van der Waals surface area (Å²) in [5, 5.41) is 9.45. The number of hydrogen-bond acceptors (Lipinski definition) is 5. The highest BCUT2D eigenvalue weighted by Gasteiger charge is 2.50. The van der Waals surface area contributed by atoms with Crippen molar-refractivity contribution in [3.63, 3.8) is 0 Å². The van der Waals surface area contributed by atoms with Crippen LogP contribution in [0.5, 0.6) is 0 Å². The molecule has 1 aromatic heterocycles. The van der Waals surface area contributed by atoms with E-state index in [4.69, 9.17) is 15.0 Å². The van der Waals surface area contributed by atoms with E-state index >= 15 is 0 Å². The quantitative estimate of drug-likeness (QED) is 0.175. The number of aromatic nitrogens is 3. The molecule has 0 fully saturated rings. The summed E-state index contributed by atoms with van der Waals surface area (Å²) >= 11 is 1.83. The molecule has 1 aliphatic heterocycles. The van der Waals surface area contributed by atoms with Crippen molar-refractivity contribution >= 4 is 11.8 Å². The Morgan fingerprint density at radius 3 is 1.34 bits per heavy atom.